The van der Waals surface area contributed by atoms with E-state index in [2.05, 4.69) is 30.5 Å². The Morgan fingerprint density at radius 3 is 2.68 bits per heavy atom. The topological polar surface area (TPSA) is 119 Å². The summed E-state index contributed by atoms with van der Waals surface area (Å²) in [4.78, 5) is 35.5. The number of hydrogen-bond donors (Lipinski definition) is 4. The molecule has 0 bridgehead atoms. The Labute approximate surface area is 179 Å². The molecule has 0 aliphatic heterocycles. The summed E-state index contributed by atoms with van der Waals surface area (Å²) >= 11 is 0. The summed E-state index contributed by atoms with van der Waals surface area (Å²) in [6, 6.07) is 10.7. The lowest BCUT2D eigenvalue weighted by Crippen LogP contribution is -2.32. The molecule has 4 rings (SSSR count). The maximum absolute atomic E-state index is 13.0. The number of nitrogens with one attached hydrogen (secondary N) is 4. The highest BCUT2D eigenvalue weighted by atomic mass is 16.2. The zero-order valence-electron chi connectivity index (χ0n) is 18.0. The van der Waals surface area contributed by atoms with Crippen LogP contribution in [0, 0.1) is 6.92 Å². The number of carbonyl (C=O) groups is 1. The van der Waals surface area contributed by atoms with E-state index in [-0.39, 0.29) is 16.9 Å². The SMILES string of the molecule is Cc1nc(C(Cc2c[nH]c3ccccc23)NC(=O)c2cc(C(C)(C)C)[nH]n2)cc(=O)[nH]1. The maximum atomic E-state index is 13.0. The molecule has 0 fully saturated rings. The van der Waals surface area contributed by atoms with Gasteiger partial charge < -0.3 is 15.3 Å². The second-order valence-corrected chi connectivity index (χ2v) is 8.76. The summed E-state index contributed by atoms with van der Waals surface area (Å²) in [5, 5.41) is 11.2. The Hall–Kier alpha value is -3.68. The number of para-hydroxylation sites is 1. The summed E-state index contributed by atoms with van der Waals surface area (Å²) < 4.78 is 0. The van der Waals surface area contributed by atoms with Crippen molar-refractivity contribution in [2.45, 2.75) is 45.6 Å². The first-order chi connectivity index (χ1) is 14.7. The lowest BCUT2D eigenvalue weighted by atomic mass is 9.92. The van der Waals surface area contributed by atoms with E-state index < -0.39 is 6.04 Å². The molecule has 0 radical (unpaired) electrons. The number of benzene rings is 1. The quantitative estimate of drug-likeness (QED) is 0.397. The molecule has 1 unspecified atom stereocenters. The molecule has 0 saturated carbocycles. The number of aromatic amines is 3. The highest BCUT2D eigenvalue weighted by Crippen LogP contribution is 2.24. The molecular weight excluding hydrogens is 392 g/mol. The number of aromatic nitrogens is 5. The van der Waals surface area contributed by atoms with Crippen LogP contribution in [-0.4, -0.2) is 31.1 Å². The Morgan fingerprint density at radius 2 is 1.97 bits per heavy atom. The largest absolute Gasteiger partial charge is 0.361 e. The molecule has 3 heterocycles. The van der Waals surface area contributed by atoms with Crippen molar-refractivity contribution in [3.05, 3.63) is 81.4 Å². The third kappa shape index (κ3) is 4.42. The van der Waals surface area contributed by atoms with Crippen LogP contribution in [0.25, 0.3) is 10.9 Å². The van der Waals surface area contributed by atoms with Crippen LogP contribution in [0.5, 0.6) is 0 Å². The first kappa shape index (κ1) is 20.6. The first-order valence-corrected chi connectivity index (χ1v) is 10.2. The number of rotatable bonds is 5. The number of carbonyl (C=O) groups excluding carboxylic acids is 1. The van der Waals surface area contributed by atoms with Gasteiger partial charge in [0, 0.05) is 40.7 Å². The maximum Gasteiger partial charge on any atom is 0.272 e. The summed E-state index contributed by atoms with van der Waals surface area (Å²) in [5.41, 5.74) is 3.31. The molecule has 160 valence electrons. The van der Waals surface area contributed by atoms with E-state index in [4.69, 9.17) is 0 Å². The van der Waals surface area contributed by atoms with Crippen LogP contribution in [0.1, 0.15) is 60.1 Å². The van der Waals surface area contributed by atoms with Gasteiger partial charge in [-0.15, -0.1) is 0 Å². The molecule has 4 N–H and O–H groups in total. The van der Waals surface area contributed by atoms with Crippen LogP contribution in [0.2, 0.25) is 0 Å². The van der Waals surface area contributed by atoms with Crippen molar-refractivity contribution in [3.8, 4) is 0 Å². The Morgan fingerprint density at radius 1 is 1.19 bits per heavy atom. The van der Waals surface area contributed by atoms with Crippen molar-refractivity contribution < 1.29 is 4.79 Å². The molecule has 0 spiro atoms. The van der Waals surface area contributed by atoms with Gasteiger partial charge in [0.1, 0.15) is 11.5 Å². The van der Waals surface area contributed by atoms with Gasteiger partial charge in [-0.3, -0.25) is 14.7 Å². The first-order valence-electron chi connectivity index (χ1n) is 10.2. The monoisotopic (exact) mass is 418 g/mol. The van der Waals surface area contributed by atoms with Crippen molar-refractivity contribution in [2.75, 3.05) is 0 Å². The zero-order chi connectivity index (χ0) is 22.2. The minimum Gasteiger partial charge on any atom is -0.361 e. The highest BCUT2D eigenvalue weighted by Gasteiger charge is 2.23. The van der Waals surface area contributed by atoms with Gasteiger partial charge in [0.25, 0.3) is 11.5 Å². The lowest BCUT2D eigenvalue weighted by molar-refractivity contribution is 0.0930. The molecule has 1 amide bonds. The third-order valence-electron chi connectivity index (χ3n) is 5.26. The van der Waals surface area contributed by atoms with Gasteiger partial charge in [0.05, 0.1) is 11.7 Å². The number of nitrogens with zero attached hydrogens (tertiary/aromatic N) is 2. The lowest BCUT2D eigenvalue weighted by Gasteiger charge is -2.18. The van der Waals surface area contributed by atoms with Gasteiger partial charge in [-0.1, -0.05) is 39.0 Å². The third-order valence-corrected chi connectivity index (χ3v) is 5.26. The van der Waals surface area contributed by atoms with Gasteiger partial charge >= 0.3 is 0 Å². The second-order valence-electron chi connectivity index (χ2n) is 8.76. The van der Waals surface area contributed by atoms with Gasteiger partial charge in [0.2, 0.25) is 0 Å². The molecule has 1 atom stereocenters. The predicted octanol–water partition coefficient (Wildman–Crippen LogP) is 3.29. The normalized spacial score (nSPS) is 12.8. The van der Waals surface area contributed by atoms with Crippen molar-refractivity contribution in [1.29, 1.82) is 0 Å². The molecule has 0 aliphatic carbocycles. The van der Waals surface area contributed by atoms with E-state index in [1.54, 1.807) is 13.0 Å². The summed E-state index contributed by atoms with van der Waals surface area (Å²) in [6.45, 7) is 7.86. The molecular formula is C23H26N6O2. The van der Waals surface area contributed by atoms with Crippen LogP contribution in [0.4, 0.5) is 0 Å². The van der Waals surface area contributed by atoms with Crippen LogP contribution in [-0.2, 0) is 11.8 Å². The van der Waals surface area contributed by atoms with Crippen molar-refractivity contribution in [1.82, 2.24) is 30.5 Å². The average molecular weight is 419 g/mol. The Kier molecular flexibility index (Phi) is 5.22. The van der Waals surface area contributed by atoms with Crippen LogP contribution >= 0.6 is 0 Å². The van der Waals surface area contributed by atoms with Crippen molar-refractivity contribution in [3.63, 3.8) is 0 Å². The Balaban J connectivity index is 1.67. The molecule has 8 heteroatoms. The smallest absolute Gasteiger partial charge is 0.272 e. The minimum atomic E-state index is -0.498. The zero-order valence-corrected chi connectivity index (χ0v) is 18.0. The van der Waals surface area contributed by atoms with Gasteiger partial charge in [-0.25, -0.2) is 4.98 Å². The number of hydrogen-bond acceptors (Lipinski definition) is 4. The van der Waals surface area contributed by atoms with E-state index in [0.29, 0.717) is 23.6 Å². The minimum absolute atomic E-state index is 0.152. The van der Waals surface area contributed by atoms with Gasteiger partial charge in [0.15, 0.2) is 0 Å². The molecule has 4 aromatic rings. The summed E-state index contributed by atoms with van der Waals surface area (Å²) in [6.07, 6.45) is 2.40. The average Bonchev–Trinajstić information content (AvgIpc) is 3.34. The molecule has 8 nitrogen and oxygen atoms in total. The van der Waals surface area contributed by atoms with E-state index >= 15 is 0 Å². The number of amides is 1. The molecule has 3 aromatic heterocycles. The van der Waals surface area contributed by atoms with Gasteiger partial charge in [-0.2, -0.15) is 5.10 Å². The van der Waals surface area contributed by atoms with E-state index in [1.807, 2.05) is 51.2 Å². The van der Waals surface area contributed by atoms with Gasteiger partial charge in [-0.05, 0) is 24.6 Å². The standard InChI is InChI=1S/C23H26N6O2/c1-13-25-18(11-21(30)26-13)17(9-14-12-24-16-8-6-5-7-15(14)16)27-22(31)19-10-20(29-28-19)23(2,3)4/h5-8,10-12,17,24H,9H2,1-4H3,(H,27,31)(H,28,29)(H,25,26,30). The number of fused-ring (bicyclic) bond motifs is 1. The molecule has 31 heavy (non-hydrogen) atoms. The fraction of sp³-hybridized carbons (Fsp3) is 0.304. The fourth-order valence-electron chi connectivity index (χ4n) is 3.59. The van der Waals surface area contributed by atoms with Crippen LogP contribution in [0.3, 0.4) is 0 Å². The predicted molar refractivity (Wildman–Crippen MR) is 119 cm³/mol. The van der Waals surface area contributed by atoms with Crippen molar-refractivity contribution in [2.24, 2.45) is 0 Å². The molecule has 0 saturated heterocycles. The second kappa shape index (κ2) is 7.86. The van der Waals surface area contributed by atoms with Crippen LogP contribution in [0.15, 0.2) is 47.4 Å². The molecule has 0 aliphatic rings. The van der Waals surface area contributed by atoms with E-state index in [9.17, 15) is 9.59 Å². The number of aryl methyl sites for hydroxylation is 1. The van der Waals surface area contributed by atoms with E-state index in [0.717, 1.165) is 22.2 Å². The highest BCUT2D eigenvalue weighted by molar-refractivity contribution is 5.92. The summed E-state index contributed by atoms with van der Waals surface area (Å²) in [5.74, 6) is 0.173. The van der Waals surface area contributed by atoms with Crippen LogP contribution < -0.4 is 10.9 Å². The Bertz CT molecular complexity index is 1290. The molecule has 1 aromatic carbocycles. The summed E-state index contributed by atoms with van der Waals surface area (Å²) in [7, 11) is 0. The number of H-pyrrole nitrogens is 3. The van der Waals surface area contributed by atoms with Crippen molar-refractivity contribution >= 4 is 16.8 Å². The fourth-order valence-corrected chi connectivity index (χ4v) is 3.59. The van der Waals surface area contributed by atoms with E-state index in [1.165, 1.54) is 6.07 Å².